The first-order chi connectivity index (χ1) is 13.5. The summed E-state index contributed by atoms with van der Waals surface area (Å²) in [5.74, 6) is -0.209. The van der Waals surface area contributed by atoms with Gasteiger partial charge in [-0.25, -0.2) is 13.4 Å². The van der Waals surface area contributed by atoms with Gasteiger partial charge in [-0.3, -0.25) is 9.52 Å². The largest absolute Gasteiger partial charge is 0.351 e. The zero-order valence-electron chi connectivity index (χ0n) is 15.0. The molecule has 8 heteroatoms. The molecule has 28 heavy (non-hydrogen) atoms. The SMILES string of the molecule is O=C(NCC1(c2ccccc2)CC1)c1ccc(S(=O)(=O)Nc2nccs2)cc1. The second kappa shape index (κ2) is 7.37. The number of aromatic nitrogens is 1. The Hall–Kier alpha value is -2.71. The molecule has 0 bridgehead atoms. The van der Waals surface area contributed by atoms with Gasteiger partial charge in [-0.05, 0) is 42.7 Å². The molecule has 0 aliphatic heterocycles. The van der Waals surface area contributed by atoms with Crippen LogP contribution in [0.2, 0.25) is 0 Å². The molecule has 0 radical (unpaired) electrons. The predicted molar refractivity (Wildman–Crippen MR) is 109 cm³/mol. The highest BCUT2D eigenvalue weighted by Gasteiger charge is 2.44. The van der Waals surface area contributed by atoms with Gasteiger partial charge in [0, 0.05) is 29.1 Å². The van der Waals surface area contributed by atoms with Crippen LogP contribution in [0, 0.1) is 0 Å². The van der Waals surface area contributed by atoms with Crippen molar-refractivity contribution in [3.8, 4) is 0 Å². The molecule has 0 spiro atoms. The lowest BCUT2D eigenvalue weighted by Crippen LogP contribution is -2.32. The van der Waals surface area contributed by atoms with Gasteiger partial charge in [0.2, 0.25) is 0 Å². The molecular formula is C20H19N3O3S2. The van der Waals surface area contributed by atoms with Crippen molar-refractivity contribution < 1.29 is 13.2 Å². The zero-order valence-corrected chi connectivity index (χ0v) is 16.6. The third-order valence-electron chi connectivity index (χ3n) is 4.91. The van der Waals surface area contributed by atoms with Crippen LogP contribution < -0.4 is 10.0 Å². The first-order valence-electron chi connectivity index (χ1n) is 8.85. The molecule has 0 saturated heterocycles. The van der Waals surface area contributed by atoms with Crippen LogP contribution in [0.1, 0.15) is 28.8 Å². The fraction of sp³-hybridized carbons (Fsp3) is 0.200. The van der Waals surface area contributed by atoms with Gasteiger partial charge in [0.1, 0.15) is 0 Å². The molecule has 0 unspecified atom stereocenters. The number of anilines is 1. The van der Waals surface area contributed by atoms with E-state index in [0.717, 1.165) is 12.8 Å². The van der Waals surface area contributed by atoms with Crippen molar-refractivity contribution in [3.05, 3.63) is 77.3 Å². The quantitative estimate of drug-likeness (QED) is 0.621. The lowest BCUT2D eigenvalue weighted by molar-refractivity contribution is 0.0949. The molecule has 3 aromatic rings. The van der Waals surface area contributed by atoms with E-state index in [1.807, 2.05) is 18.2 Å². The summed E-state index contributed by atoms with van der Waals surface area (Å²) in [4.78, 5) is 16.5. The van der Waals surface area contributed by atoms with Crippen LogP contribution in [0.4, 0.5) is 5.13 Å². The summed E-state index contributed by atoms with van der Waals surface area (Å²) in [6.07, 6.45) is 3.63. The van der Waals surface area contributed by atoms with E-state index in [1.165, 1.54) is 47.4 Å². The molecule has 1 aliphatic carbocycles. The standard InChI is InChI=1S/C20H19N3O3S2/c24-18(22-14-20(10-11-20)16-4-2-1-3-5-16)15-6-8-17(9-7-15)28(25,26)23-19-21-12-13-27-19/h1-9,12-13H,10-11,14H2,(H,21,23)(H,22,24). The van der Waals surface area contributed by atoms with Gasteiger partial charge in [-0.15, -0.1) is 11.3 Å². The maximum Gasteiger partial charge on any atom is 0.263 e. The lowest BCUT2D eigenvalue weighted by atomic mass is 9.96. The Kier molecular flexibility index (Phi) is 4.91. The Labute approximate surface area is 167 Å². The highest BCUT2D eigenvalue weighted by Crippen LogP contribution is 2.47. The number of thiazole rings is 1. The molecule has 0 atom stereocenters. The van der Waals surface area contributed by atoms with E-state index in [2.05, 4.69) is 27.2 Å². The van der Waals surface area contributed by atoms with Crippen molar-refractivity contribution in [1.82, 2.24) is 10.3 Å². The van der Waals surface area contributed by atoms with E-state index in [0.29, 0.717) is 17.2 Å². The van der Waals surface area contributed by atoms with Gasteiger partial charge in [0.05, 0.1) is 4.90 Å². The Morgan fingerprint density at radius 1 is 1.07 bits per heavy atom. The normalized spacial score (nSPS) is 15.0. The summed E-state index contributed by atoms with van der Waals surface area (Å²) < 4.78 is 27.1. The molecule has 144 valence electrons. The average Bonchev–Trinajstić information content (AvgIpc) is 3.35. The third kappa shape index (κ3) is 3.93. The molecule has 1 fully saturated rings. The van der Waals surface area contributed by atoms with Crippen molar-refractivity contribution in [2.75, 3.05) is 11.3 Å². The van der Waals surface area contributed by atoms with E-state index in [9.17, 15) is 13.2 Å². The van der Waals surface area contributed by atoms with Crippen LogP contribution >= 0.6 is 11.3 Å². The summed E-state index contributed by atoms with van der Waals surface area (Å²) in [6.45, 7) is 0.571. The Balaban J connectivity index is 1.40. The molecule has 1 aromatic heterocycles. The molecule has 1 aliphatic rings. The van der Waals surface area contributed by atoms with Crippen molar-refractivity contribution in [2.45, 2.75) is 23.2 Å². The maximum absolute atomic E-state index is 12.5. The Bertz CT molecular complexity index is 1060. The number of carbonyl (C=O) groups is 1. The first kappa shape index (κ1) is 18.6. The summed E-state index contributed by atoms with van der Waals surface area (Å²) in [5.41, 5.74) is 1.69. The monoisotopic (exact) mass is 413 g/mol. The summed E-state index contributed by atoms with van der Waals surface area (Å²) >= 11 is 1.20. The van der Waals surface area contributed by atoms with Gasteiger partial charge in [-0.2, -0.15) is 0 Å². The van der Waals surface area contributed by atoms with Crippen LogP contribution in [-0.4, -0.2) is 25.9 Å². The number of benzene rings is 2. The van der Waals surface area contributed by atoms with Crippen molar-refractivity contribution in [3.63, 3.8) is 0 Å². The Morgan fingerprint density at radius 2 is 1.79 bits per heavy atom. The van der Waals surface area contributed by atoms with Crippen LogP contribution in [0.3, 0.4) is 0 Å². The van der Waals surface area contributed by atoms with Crippen LogP contribution in [0.25, 0.3) is 0 Å². The topological polar surface area (TPSA) is 88.2 Å². The summed E-state index contributed by atoms with van der Waals surface area (Å²) in [7, 11) is -3.72. The molecule has 6 nitrogen and oxygen atoms in total. The van der Waals surface area contributed by atoms with Gasteiger partial charge in [-0.1, -0.05) is 30.3 Å². The van der Waals surface area contributed by atoms with Gasteiger partial charge in [0.15, 0.2) is 5.13 Å². The Morgan fingerprint density at radius 3 is 2.39 bits per heavy atom. The molecule has 1 amide bonds. The molecule has 1 heterocycles. The van der Waals surface area contributed by atoms with Crippen LogP contribution in [0.15, 0.2) is 71.1 Å². The first-order valence-corrected chi connectivity index (χ1v) is 11.2. The fourth-order valence-electron chi connectivity index (χ4n) is 3.09. The minimum atomic E-state index is -3.72. The number of rotatable bonds is 7. The second-order valence-electron chi connectivity index (χ2n) is 6.80. The number of hydrogen-bond acceptors (Lipinski definition) is 5. The number of amides is 1. The van der Waals surface area contributed by atoms with Crippen molar-refractivity contribution in [2.24, 2.45) is 0 Å². The van der Waals surface area contributed by atoms with Gasteiger partial charge in [0.25, 0.3) is 15.9 Å². The van der Waals surface area contributed by atoms with E-state index >= 15 is 0 Å². The maximum atomic E-state index is 12.5. The fourth-order valence-corrected chi connectivity index (χ4v) is 4.88. The van der Waals surface area contributed by atoms with E-state index < -0.39 is 10.0 Å². The van der Waals surface area contributed by atoms with E-state index in [1.54, 1.807) is 5.38 Å². The molecule has 4 rings (SSSR count). The second-order valence-corrected chi connectivity index (χ2v) is 9.37. The number of hydrogen-bond donors (Lipinski definition) is 2. The minimum Gasteiger partial charge on any atom is -0.351 e. The predicted octanol–water partition coefficient (Wildman–Crippen LogP) is 3.41. The molecule has 2 N–H and O–H groups in total. The third-order valence-corrected chi connectivity index (χ3v) is 7.08. The highest BCUT2D eigenvalue weighted by atomic mass is 32.2. The average molecular weight is 414 g/mol. The minimum absolute atomic E-state index is 0.0256. The molecule has 2 aromatic carbocycles. The highest BCUT2D eigenvalue weighted by molar-refractivity contribution is 7.93. The van der Waals surface area contributed by atoms with Crippen LogP contribution in [-0.2, 0) is 15.4 Å². The summed E-state index contributed by atoms with van der Waals surface area (Å²) in [6, 6.07) is 16.1. The van der Waals surface area contributed by atoms with Crippen LogP contribution in [0.5, 0.6) is 0 Å². The number of carbonyl (C=O) groups excluding carboxylic acids is 1. The molecule has 1 saturated carbocycles. The van der Waals surface area contributed by atoms with E-state index in [4.69, 9.17) is 0 Å². The molecular weight excluding hydrogens is 394 g/mol. The summed E-state index contributed by atoms with van der Waals surface area (Å²) in [5, 5.41) is 4.97. The number of nitrogens with zero attached hydrogens (tertiary/aromatic N) is 1. The zero-order chi connectivity index (χ0) is 19.6. The van der Waals surface area contributed by atoms with Gasteiger partial charge >= 0.3 is 0 Å². The number of nitrogens with one attached hydrogen (secondary N) is 2. The van der Waals surface area contributed by atoms with Gasteiger partial charge < -0.3 is 5.32 Å². The smallest absolute Gasteiger partial charge is 0.263 e. The van der Waals surface area contributed by atoms with E-state index in [-0.39, 0.29) is 16.2 Å². The van der Waals surface area contributed by atoms with Crippen molar-refractivity contribution >= 4 is 32.4 Å². The lowest BCUT2D eigenvalue weighted by Gasteiger charge is -2.16. The van der Waals surface area contributed by atoms with Crippen molar-refractivity contribution in [1.29, 1.82) is 0 Å². The number of sulfonamides is 1.